The fourth-order valence-corrected chi connectivity index (χ4v) is 7.06. The van der Waals surface area contributed by atoms with Gasteiger partial charge in [0.15, 0.2) is 11.5 Å². The molecule has 0 unspecified atom stereocenters. The van der Waals surface area contributed by atoms with E-state index in [-0.39, 0.29) is 16.9 Å². The monoisotopic (exact) mass is 489 g/mol. The summed E-state index contributed by atoms with van der Waals surface area (Å²) in [5.74, 6) is 3.32. The van der Waals surface area contributed by atoms with Crippen LogP contribution in [0.4, 0.5) is 18.0 Å². The molecule has 7 rings (SSSR count). The molecule has 0 atom stereocenters. The van der Waals surface area contributed by atoms with E-state index in [4.69, 9.17) is 4.98 Å². The molecule has 2 aliphatic heterocycles. The quantitative estimate of drug-likeness (QED) is 0.706. The predicted octanol–water partition coefficient (Wildman–Crippen LogP) is 3.92. The number of aromatic nitrogens is 5. The van der Waals surface area contributed by atoms with Gasteiger partial charge in [-0.1, -0.05) is 0 Å². The Bertz CT molecular complexity index is 1150. The number of hydrogen-bond donors (Lipinski definition) is 1. The SMILES string of the molecule is Cc1cc(C(F)(F)F)nn1CC1CC2(C1)CN(C(=O)N1CC3(CC(c4n[nH]c(C5CC5)n4)C3)C1)C2. The third-order valence-electron chi connectivity index (χ3n) is 9.00. The molecular formula is C24H30F3N7O. The molecule has 3 saturated carbocycles. The molecule has 2 saturated heterocycles. The van der Waals surface area contributed by atoms with Crippen molar-refractivity contribution < 1.29 is 18.0 Å². The van der Waals surface area contributed by atoms with Gasteiger partial charge >= 0.3 is 12.2 Å². The Morgan fingerprint density at radius 1 is 1.06 bits per heavy atom. The molecule has 0 aromatic carbocycles. The van der Waals surface area contributed by atoms with Crippen LogP contribution >= 0.6 is 0 Å². The highest BCUT2D eigenvalue weighted by atomic mass is 19.4. The molecule has 11 heteroatoms. The summed E-state index contributed by atoms with van der Waals surface area (Å²) >= 11 is 0. The molecule has 0 radical (unpaired) electrons. The highest BCUT2D eigenvalue weighted by Gasteiger charge is 2.59. The van der Waals surface area contributed by atoms with Gasteiger partial charge in [0, 0.05) is 61.1 Å². The van der Waals surface area contributed by atoms with Crippen LogP contribution in [0.5, 0.6) is 0 Å². The van der Waals surface area contributed by atoms with Crippen molar-refractivity contribution >= 4 is 6.03 Å². The summed E-state index contributed by atoms with van der Waals surface area (Å²) in [6, 6.07) is 1.25. The second-order valence-electron chi connectivity index (χ2n) is 12.1. The number of carbonyl (C=O) groups is 1. The summed E-state index contributed by atoms with van der Waals surface area (Å²) in [7, 11) is 0. The molecule has 5 aliphatic rings. The average molecular weight is 490 g/mol. The number of halogens is 3. The molecule has 2 spiro atoms. The third-order valence-corrected chi connectivity index (χ3v) is 9.00. The van der Waals surface area contributed by atoms with E-state index in [1.807, 2.05) is 9.80 Å². The van der Waals surface area contributed by atoms with Crippen molar-refractivity contribution in [3.05, 3.63) is 29.1 Å². The molecule has 35 heavy (non-hydrogen) atoms. The lowest BCUT2D eigenvalue weighted by Gasteiger charge is -2.63. The van der Waals surface area contributed by atoms with Crippen molar-refractivity contribution in [2.75, 3.05) is 26.2 Å². The minimum atomic E-state index is -4.41. The minimum absolute atomic E-state index is 0.139. The zero-order chi connectivity index (χ0) is 24.2. The summed E-state index contributed by atoms with van der Waals surface area (Å²) in [6.45, 7) is 5.37. The maximum absolute atomic E-state index is 12.9. The Morgan fingerprint density at radius 2 is 1.69 bits per heavy atom. The molecular weight excluding hydrogens is 459 g/mol. The summed E-state index contributed by atoms with van der Waals surface area (Å²) in [5.41, 5.74) is 0.128. The van der Waals surface area contributed by atoms with Crippen molar-refractivity contribution in [2.24, 2.45) is 16.7 Å². The summed E-state index contributed by atoms with van der Waals surface area (Å²) in [4.78, 5) is 21.5. The lowest BCUT2D eigenvalue weighted by atomic mass is 9.57. The zero-order valence-corrected chi connectivity index (χ0v) is 19.8. The molecule has 188 valence electrons. The smallest absolute Gasteiger partial charge is 0.323 e. The first-order valence-electron chi connectivity index (χ1n) is 12.7. The first-order valence-corrected chi connectivity index (χ1v) is 12.7. The van der Waals surface area contributed by atoms with Gasteiger partial charge in [-0.05, 0) is 57.4 Å². The van der Waals surface area contributed by atoms with E-state index in [0.717, 1.165) is 69.6 Å². The molecule has 4 heterocycles. The fraction of sp³-hybridized carbons (Fsp3) is 0.750. The van der Waals surface area contributed by atoms with Crippen molar-refractivity contribution in [3.63, 3.8) is 0 Å². The third kappa shape index (κ3) is 3.56. The molecule has 2 aromatic heterocycles. The number of nitrogens with zero attached hydrogens (tertiary/aromatic N) is 6. The number of urea groups is 1. The molecule has 3 aliphatic carbocycles. The number of H-pyrrole nitrogens is 1. The first-order chi connectivity index (χ1) is 16.6. The van der Waals surface area contributed by atoms with E-state index in [1.54, 1.807) is 6.92 Å². The Morgan fingerprint density at radius 3 is 2.26 bits per heavy atom. The Kier molecular flexibility index (Phi) is 4.34. The van der Waals surface area contributed by atoms with Crippen LogP contribution in [0, 0.1) is 23.7 Å². The lowest BCUT2D eigenvalue weighted by molar-refractivity contribution is -0.141. The number of alkyl halides is 3. The van der Waals surface area contributed by atoms with Crippen LogP contribution in [-0.2, 0) is 12.7 Å². The van der Waals surface area contributed by atoms with Gasteiger partial charge in [-0.3, -0.25) is 9.78 Å². The van der Waals surface area contributed by atoms with Gasteiger partial charge in [0.1, 0.15) is 5.82 Å². The van der Waals surface area contributed by atoms with Crippen molar-refractivity contribution in [1.82, 2.24) is 34.8 Å². The van der Waals surface area contributed by atoms with Crippen LogP contribution in [-0.4, -0.2) is 67.0 Å². The molecule has 0 bridgehead atoms. The van der Waals surface area contributed by atoms with Gasteiger partial charge in [0.2, 0.25) is 0 Å². The number of amides is 2. The van der Waals surface area contributed by atoms with Gasteiger partial charge in [0.25, 0.3) is 0 Å². The molecule has 1 N–H and O–H groups in total. The van der Waals surface area contributed by atoms with Gasteiger partial charge in [-0.15, -0.1) is 0 Å². The Balaban J connectivity index is 0.853. The second kappa shape index (κ2) is 7.00. The number of rotatable bonds is 4. The molecule has 8 nitrogen and oxygen atoms in total. The maximum atomic E-state index is 12.9. The standard InChI is InChI=1S/C24H30F3N7O/c1-14-4-18(24(25,26)27)31-34(14)9-15-5-22(6-15)10-32(11-22)21(35)33-12-23(13-33)7-17(8-23)20-28-19(29-30-20)16-2-3-16/h4,15-17H,2-3,5-13H2,1H3,(H,28,29,30). The highest BCUT2D eigenvalue weighted by Crippen LogP contribution is 2.57. The van der Waals surface area contributed by atoms with Crippen molar-refractivity contribution in [1.29, 1.82) is 0 Å². The van der Waals surface area contributed by atoms with E-state index >= 15 is 0 Å². The molecule has 2 aromatic rings. The fourth-order valence-electron chi connectivity index (χ4n) is 7.06. The van der Waals surface area contributed by atoms with Crippen molar-refractivity contribution in [2.45, 2.75) is 70.0 Å². The lowest BCUT2D eigenvalue weighted by Crippen LogP contribution is -2.71. The Labute approximate surface area is 201 Å². The van der Waals surface area contributed by atoms with Crippen LogP contribution in [0.2, 0.25) is 0 Å². The van der Waals surface area contributed by atoms with Crippen molar-refractivity contribution in [3.8, 4) is 0 Å². The summed E-state index contributed by atoms with van der Waals surface area (Å²) < 4.78 is 40.2. The van der Waals surface area contributed by atoms with Gasteiger partial charge in [-0.25, -0.2) is 9.78 Å². The van der Waals surface area contributed by atoms with E-state index < -0.39 is 11.9 Å². The highest BCUT2D eigenvalue weighted by molar-refractivity contribution is 5.77. The molecule has 5 fully saturated rings. The van der Waals surface area contributed by atoms with Crippen LogP contribution in [0.25, 0.3) is 0 Å². The van der Waals surface area contributed by atoms with Crippen LogP contribution in [0.3, 0.4) is 0 Å². The van der Waals surface area contributed by atoms with Gasteiger partial charge < -0.3 is 9.80 Å². The minimum Gasteiger partial charge on any atom is -0.323 e. The van der Waals surface area contributed by atoms with Gasteiger partial charge in [0.05, 0.1) is 0 Å². The van der Waals surface area contributed by atoms with Crippen LogP contribution < -0.4 is 0 Å². The number of likely N-dealkylation sites (tertiary alicyclic amines) is 2. The summed E-state index contributed by atoms with van der Waals surface area (Å²) in [6.07, 6.45) is 2.04. The van der Waals surface area contributed by atoms with Gasteiger partial charge in [-0.2, -0.15) is 23.4 Å². The number of aryl methyl sites for hydroxylation is 1. The van der Waals surface area contributed by atoms with E-state index in [2.05, 4.69) is 15.3 Å². The number of nitrogens with one attached hydrogen (secondary N) is 1. The predicted molar refractivity (Wildman–Crippen MR) is 118 cm³/mol. The molecule has 2 amide bonds. The summed E-state index contributed by atoms with van der Waals surface area (Å²) in [5, 5.41) is 11.3. The second-order valence-corrected chi connectivity index (χ2v) is 12.1. The first kappa shape index (κ1) is 21.7. The maximum Gasteiger partial charge on any atom is 0.435 e. The van der Waals surface area contributed by atoms with E-state index in [1.165, 1.54) is 17.5 Å². The number of carbonyl (C=O) groups excluding carboxylic acids is 1. The topological polar surface area (TPSA) is 82.9 Å². The van der Waals surface area contributed by atoms with Crippen LogP contribution in [0.1, 0.15) is 73.4 Å². The van der Waals surface area contributed by atoms with E-state index in [0.29, 0.717) is 30.0 Å². The average Bonchev–Trinajstić information content (AvgIpc) is 3.29. The van der Waals surface area contributed by atoms with Crippen LogP contribution in [0.15, 0.2) is 6.07 Å². The Hall–Kier alpha value is -2.59. The number of aromatic amines is 1. The van der Waals surface area contributed by atoms with E-state index in [9.17, 15) is 18.0 Å². The zero-order valence-electron chi connectivity index (χ0n) is 19.8. The number of hydrogen-bond acceptors (Lipinski definition) is 4. The largest absolute Gasteiger partial charge is 0.435 e. The normalized spacial score (nSPS) is 25.4.